The normalized spacial score (nSPS) is 13.8. The zero-order chi connectivity index (χ0) is 17.1. The molecule has 0 saturated heterocycles. The fourth-order valence-corrected chi connectivity index (χ4v) is 4.10. The van der Waals surface area contributed by atoms with E-state index in [2.05, 4.69) is 15.8 Å². The first kappa shape index (κ1) is 16.6. The van der Waals surface area contributed by atoms with Crippen LogP contribution in [0.4, 0.5) is 0 Å². The average molecular weight is 343 g/mol. The predicted octanol–water partition coefficient (Wildman–Crippen LogP) is 3.10. The van der Waals surface area contributed by atoms with E-state index in [1.165, 1.54) is 41.0 Å². The number of pyridine rings is 1. The van der Waals surface area contributed by atoms with Gasteiger partial charge in [-0.25, -0.2) is 0 Å². The van der Waals surface area contributed by atoms with Crippen LogP contribution < -0.4 is 10.9 Å². The standard InChI is InChI=1S/C18H21N3O2S/c1-11-8-9-14(12(2)19-11)17(22)20-21-18(23)16-10-13-6-4-3-5-7-15(13)24-16/h8-10H,3-7H2,1-2H3,(H,20,22)(H,21,23). The van der Waals surface area contributed by atoms with E-state index in [1.807, 2.05) is 13.0 Å². The van der Waals surface area contributed by atoms with Crippen molar-refractivity contribution in [3.05, 3.63) is 50.5 Å². The Balaban J connectivity index is 1.64. The molecule has 2 amide bonds. The molecule has 0 saturated carbocycles. The lowest BCUT2D eigenvalue weighted by Gasteiger charge is -2.08. The Kier molecular flexibility index (Phi) is 4.94. The van der Waals surface area contributed by atoms with E-state index in [9.17, 15) is 9.59 Å². The number of carbonyl (C=O) groups excluding carboxylic acids is 2. The smallest absolute Gasteiger partial charge is 0.267 e. The van der Waals surface area contributed by atoms with Gasteiger partial charge in [0.05, 0.1) is 16.1 Å². The molecule has 1 aliphatic carbocycles. The van der Waals surface area contributed by atoms with Gasteiger partial charge >= 0.3 is 0 Å². The highest BCUT2D eigenvalue weighted by molar-refractivity contribution is 7.14. The summed E-state index contributed by atoms with van der Waals surface area (Å²) in [5, 5.41) is 0. The molecular weight excluding hydrogens is 322 g/mol. The predicted molar refractivity (Wildman–Crippen MR) is 94.2 cm³/mol. The molecule has 0 aromatic carbocycles. The summed E-state index contributed by atoms with van der Waals surface area (Å²) >= 11 is 1.53. The first-order chi connectivity index (χ1) is 11.5. The van der Waals surface area contributed by atoms with Gasteiger partial charge in [-0.15, -0.1) is 11.3 Å². The van der Waals surface area contributed by atoms with Crippen molar-refractivity contribution >= 4 is 23.2 Å². The zero-order valence-corrected chi connectivity index (χ0v) is 14.8. The molecule has 3 rings (SSSR count). The third kappa shape index (κ3) is 3.64. The Morgan fingerprint density at radius 1 is 1.04 bits per heavy atom. The van der Waals surface area contributed by atoms with Gasteiger partial charge < -0.3 is 0 Å². The van der Waals surface area contributed by atoms with Gasteiger partial charge in [0.1, 0.15) is 0 Å². The summed E-state index contributed by atoms with van der Waals surface area (Å²) in [6, 6.07) is 5.46. The van der Waals surface area contributed by atoms with Crippen molar-refractivity contribution in [1.29, 1.82) is 0 Å². The Morgan fingerprint density at radius 2 is 1.79 bits per heavy atom. The number of thiophene rings is 1. The van der Waals surface area contributed by atoms with Crippen LogP contribution in [0.25, 0.3) is 0 Å². The number of hydrogen-bond donors (Lipinski definition) is 2. The minimum Gasteiger partial charge on any atom is -0.267 e. The lowest BCUT2D eigenvalue weighted by atomic mass is 10.1. The SMILES string of the molecule is Cc1ccc(C(=O)NNC(=O)c2cc3c(s2)CCCCC3)c(C)n1. The molecular formula is C18H21N3O2S. The van der Waals surface area contributed by atoms with Crippen molar-refractivity contribution in [3.63, 3.8) is 0 Å². The summed E-state index contributed by atoms with van der Waals surface area (Å²) in [5.41, 5.74) is 8.23. The van der Waals surface area contributed by atoms with Crippen molar-refractivity contribution in [2.75, 3.05) is 0 Å². The van der Waals surface area contributed by atoms with Crippen LogP contribution in [0.2, 0.25) is 0 Å². The maximum Gasteiger partial charge on any atom is 0.279 e. The van der Waals surface area contributed by atoms with Gasteiger partial charge in [-0.05, 0) is 63.3 Å². The number of aryl methyl sites for hydroxylation is 4. The maximum absolute atomic E-state index is 12.3. The van der Waals surface area contributed by atoms with Crippen molar-refractivity contribution < 1.29 is 9.59 Å². The molecule has 0 aliphatic heterocycles. The summed E-state index contributed by atoms with van der Waals surface area (Å²) in [6.07, 6.45) is 5.71. The molecule has 2 heterocycles. The molecule has 5 nitrogen and oxygen atoms in total. The molecule has 0 radical (unpaired) electrons. The maximum atomic E-state index is 12.3. The molecule has 2 aromatic rings. The van der Waals surface area contributed by atoms with Crippen LogP contribution in [0.3, 0.4) is 0 Å². The zero-order valence-electron chi connectivity index (χ0n) is 13.9. The topological polar surface area (TPSA) is 71.1 Å². The molecule has 0 bridgehead atoms. The molecule has 0 unspecified atom stereocenters. The number of fused-ring (bicyclic) bond motifs is 1. The van der Waals surface area contributed by atoms with E-state index >= 15 is 0 Å². The van der Waals surface area contributed by atoms with E-state index in [0.29, 0.717) is 16.1 Å². The van der Waals surface area contributed by atoms with Crippen LogP contribution >= 0.6 is 11.3 Å². The third-order valence-electron chi connectivity index (χ3n) is 4.23. The van der Waals surface area contributed by atoms with Crippen LogP contribution in [0.1, 0.15) is 61.1 Å². The van der Waals surface area contributed by atoms with E-state index in [1.54, 1.807) is 19.1 Å². The van der Waals surface area contributed by atoms with E-state index in [4.69, 9.17) is 0 Å². The van der Waals surface area contributed by atoms with Crippen LogP contribution in [-0.2, 0) is 12.8 Å². The van der Waals surface area contributed by atoms with Crippen molar-refractivity contribution in [2.24, 2.45) is 0 Å². The van der Waals surface area contributed by atoms with Crippen molar-refractivity contribution in [1.82, 2.24) is 15.8 Å². The van der Waals surface area contributed by atoms with Gasteiger partial charge in [0.2, 0.25) is 0 Å². The molecule has 6 heteroatoms. The van der Waals surface area contributed by atoms with Crippen molar-refractivity contribution in [2.45, 2.75) is 46.0 Å². The van der Waals surface area contributed by atoms with E-state index in [0.717, 1.165) is 18.5 Å². The molecule has 1 aliphatic rings. The Hall–Kier alpha value is -2.21. The number of nitrogens with one attached hydrogen (secondary N) is 2. The van der Waals surface area contributed by atoms with Gasteiger partial charge in [0.25, 0.3) is 11.8 Å². The summed E-state index contributed by atoms with van der Waals surface area (Å²) < 4.78 is 0. The number of carbonyl (C=O) groups is 2. The van der Waals surface area contributed by atoms with E-state index < -0.39 is 0 Å². The number of hydrazine groups is 1. The average Bonchev–Trinajstić information content (AvgIpc) is 2.83. The van der Waals surface area contributed by atoms with Gasteiger partial charge in [0, 0.05) is 10.6 Å². The molecule has 24 heavy (non-hydrogen) atoms. The second-order valence-corrected chi connectivity index (χ2v) is 7.25. The number of aromatic nitrogens is 1. The van der Waals surface area contributed by atoms with Crippen LogP contribution in [0.15, 0.2) is 18.2 Å². The first-order valence-electron chi connectivity index (χ1n) is 8.21. The first-order valence-corrected chi connectivity index (χ1v) is 9.03. The lowest BCUT2D eigenvalue weighted by Crippen LogP contribution is -2.41. The molecule has 0 fully saturated rings. The molecule has 0 spiro atoms. The second kappa shape index (κ2) is 7.13. The Bertz CT molecular complexity index is 759. The number of hydrogen-bond acceptors (Lipinski definition) is 4. The molecule has 2 aromatic heterocycles. The summed E-state index contributed by atoms with van der Waals surface area (Å²) in [6.45, 7) is 3.65. The lowest BCUT2D eigenvalue weighted by molar-refractivity contribution is 0.0848. The summed E-state index contributed by atoms with van der Waals surface area (Å²) in [4.78, 5) is 30.7. The van der Waals surface area contributed by atoms with Gasteiger partial charge in [-0.1, -0.05) is 6.42 Å². The monoisotopic (exact) mass is 343 g/mol. The second-order valence-electron chi connectivity index (χ2n) is 6.11. The molecule has 2 N–H and O–H groups in total. The fraction of sp³-hybridized carbons (Fsp3) is 0.389. The van der Waals surface area contributed by atoms with Gasteiger partial charge in [0.15, 0.2) is 0 Å². The molecule has 126 valence electrons. The van der Waals surface area contributed by atoms with Gasteiger partial charge in [-0.3, -0.25) is 25.4 Å². The van der Waals surface area contributed by atoms with Gasteiger partial charge in [-0.2, -0.15) is 0 Å². The van der Waals surface area contributed by atoms with Crippen LogP contribution in [0.5, 0.6) is 0 Å². The third-order valence-corrected chi connectivity index (χ3v) is 5.47. The van der Waals surface area contributed by atoms with Crippen molar-refractivity contribution in [3.8, 4) is 0 Å². The van der Waals surface area contributed by atoms with E-state index in [-0.39, 0.29) is 11.8 Å². The highest BCUT2D eigenvalue weighted by atomic mass is 32.1. The largest absolute Gasteiger partial charge is 0.279 e. The number of rotatable bonds is 2. The summed E-state index contributed by atoms with van der Waals surface area (Å²) in [5.74, 6) is -0.620. The highest BCUT2D eigenvalue weighted by Gasteiger charge is 2.17. The van der Waals surface area contributed by atoms with Crippen LogP contribution in [-0.4, -0.2) is 16.8 Å². The highest BCUT2D eigenvalue weighted by Crippen LogP contribution is 2.28. The minimum atomic E-state index is -0.355. The summed E-state index contributed by atoms with van der Waals surface area (Å²) in [7, 11) is 0. The van der Waals surface area contributed by atoms with Crippen LogP contribution in [0, 0.1) is 13.8 Å². The number of amides is 2. The Labute approximate surface area is 145 Å². The number of nitrogens with zero attached hydrogens (tertiary/aromatic N) is 1. The Morgan fingerprint density at radius 3 is 2.58 bits per heavy atom. The quantitative estimate of drug-likeness (QED) is 0.650. The fourth-order valence-electron chi connectivity index (χ4n) is 2.95. The minimum absolute atomic E-state index is 0.265. The molecule has 0 atom stereocenters.